The molecule has 23 heavy (non-hydrogen) atoms. The van der Waals surface area contributed by atoms with Crippen molar-refractivity contribution in [2.24, 2.45) is 5.10 Å². The Bertz CT molecular complexity index is 750. The van der Waals surface area contributed by atoms with Crippen LogP contribution in [0.25, 0.3) is 0 Å². The molecule has 8 heteroatoms. The van der Waals surface area contributed by atoms with E-state index in [0.29, 0.717) is 31.4 Å². The molecule has 2 aromatic carbocycles. The minimum Gasteiger partial charge on any atom is -0.482 e. The second-order valence-electron chi connectivity index (χ2n) is 4.32. The maximum atomic E-state index is 11.7. The van der Waals surface area contributed by atoms with Gasteiger partial charge in [0.2, 0.25) is 0 Å². The van der Waals surface area contributed by atoms with Gasteiger partial charge >= 0.3 is 0 Å². The van der Waals surface area contributed by atoms with Gasteiger partial charge in [0.1, 0.15) is 5.75 Å². The highest BCUT2D eigenvalue weighted by Crippen LogP contribution is 2.27. The summed E-state index contributed by atoms with van der Waals surface area (Å²) in [4.78, 5) is 11.7. The van der Waals surface area contributed by atoms with Crippen molar-refractivity contribution in [3.63, 3.8) is 0 Å². The van der Waals surface area contributed by atoms with E-state index in [4.69, 9.17) is 51.1 Å². The van der Waals surface area contributed by atoms with E-state index in [9.17, 15) is 4.79 Å². The normalized spacial score (nSPS) is 10.8. The van der Waals surface area contributed by atoms with Crippen LogP contribution in [0.1, 0.15) is 5.56 Å². The number of halogens is 4. The zero-order chi connectivity index (χ0) is 16.8. The molecule has 120 valence electrons. The van der Waals surface area contributed by atoms with Gasteiger partial charge in [-0.2, -0.15) is 5.10 Å². The smallest absolute Gasteiger partial charge is 0.277 e. The first-order valence-corrected chi connectivity index (χ1v) is 7.81. The Kier molecular flexibility index (Phi) is 6.54. The predicted octanol–water partition coefficient (Wildman–Crippen LogP) is 4.83. The molecule has 0 spiro atoms. The van der Waals surface area contributed by atoms with Gasteiger partial charge in [0.05, 0.1) is 16.3 Å². The van der Waals surface area contributed by atoms with Gasteiger partial charge in [0, 0.05) is 21.7 Å². The molecule has 0 atom stereocenters. The van der Waals surface area contributed by atoms with Gasteiger partial charge in [0.15, 0.2) is 6.61 Å². The quantitative estimate of drug-likeness (QED) is 0.586. The van der Waals surface area contributed by atoms with Crippen LogP contribution in [0.4, 0.5) is 0 Å². The third-order valence-corrected chi connectivity index (χ3v) is 3.72. The fraction of sp³-hybridized carbons (Fsp3) is 0.0667. The van der Waals surface area contributed by atoms with Gasteiger partial charge in [-0.25, -0.2) is 5.43 Å². The Morgan fingerprint density at radius 3 is 2.48 bits per heavy atom. The lowest BCUT2D eigenvalue weighted by molar-refractivity contribution is -0.123. The SMILES string of the molecule is O=C(COc1cc(Cl)ccc1Cl)NN=Cc1ccc(Cl)cc1Cl. The summed E-state index contributed by atoms with van der Waals surface area (Å²) in [6.07, 6.45) is 1.41. The van der Waals surface area contributed by atoms with E-state index in [0.717, 1.165) is 0 Å². The first-order valence-electron chi connectivity index (χ1n) is 6.30. The fourth-order valence-electron chi connectivity index (χ4n) is 1.54. The van der Waals surface area contributed by atoms with Gasteiger partial charge in [-0.15, -0.1) is 0 Å². The van der Waals surface area contributed by atoms with Crippen molar-refractivity contribution in [2.75, 3.05) is 6.61 Å². The van der Waals surface area contributed by atoms with E-state index in [2.05, 4.69) is 10.5 Å². The number of carbonyl (C=O) groups is 1. The number of nitrogens with one attached hydrogen (secondary N) is 1. The number of hydrogen-bond acceptors (Lipinski definition) is 3. The fourth-order valence-corrected chi connectivity index (χ4v) is 2.33. The van der Waals surface area contributed by atoms with Crippen LogP contribution in [0.3, 0.4) is 0 Å². The van der Waals surface area contributed by atoms with Crippen LogP contribution in [0.15, 0.2) is 41.5 Å². The molecule has 2 aromatic rings. The van der Waals surface area contributed by atoms with E-state index < -0.39 is 5.91 Å². The first kappa shape index (κ1) is 17.9. The lowest BCUT2D eigenvalue weighted by atomic mass is 10.2. The average Bonchev–Trinajstić information content (AvgIpc) is 2.50. The van der Waals surface area contributed by atoms with Crippen molar-refractivity contribution in [1.29, 1.82) is 0 Å². The predicted molar refractivity (Wildman–Crippen MR) is 94.2 cm³/mol. The third kappa shape index (κ3) is 5.59. The Labute approximate surface area is 152 Å². The molecule has 4 nitrogen and oxygen atoms in total. The molecule has 1 amide bonds. The summed E-state index contributed by atoms with van der Waals surface area (Å²) in [6.45, 7) is -0.258. The van der Waals surface area contributed by atoms with Crippen LogP contribution in [0.5, 0.6) is 5.75 Å². The molecule has 0 saturated carbocycles. The van der Waals surface area contributed by atoms with Crippen molar-refractivity contribution in [2.45, 2.75) is 0 Å². The maximum absolute atomic E-state index is 11.7. The molecule has 0 radical (unpaired) electrons. The summed E-state index contributed by atoms with van der Waals surface area (Å²) >= 11 is 23.5. The number of ether oxygens (including phenoxy) is 1. The van der Waals surface area contributed by atoms with Gasteiger partial charge in [-0.3, -0.25) is 4.79 Å². The molecule has 0 unspecified atom stereocenters. The monoisotopic (exact) mass is 390 g/mol. The summed E-state index contributed by atoms with van der Waals surface area (Å²) in [5, 5.41) is 5.56. The van der Waals surface area contributed by atoms with Crippen LogP contribution >= 0.6 is 46.4 Å². The second-order valence-corrected chi connectivity index (χ2v) is 6.01. The average molecular weight is 392 g/mol. The Hall–Kier alpha value is -1.46. The van der Waals surface area contributed by atoms with Crippen LogP contribution in [-0.2, 0) is 4.79 Å². The molecule has 0 fully saturated rings. The number of benzene rings is 2. The summed E-state index contributed by atoms with van der Waals surface area (Å²) < 4.78 is 5.28. The number of hydrogen-bond donors (Lipinski definition) is 1. The highest BCUT2D eigenvalue weighted by atomic mass is 35.5. The molecule has 2 rings (SSSR count). The van der Waals surface area contributed by atoms with Gasteiger partial charge in [-0.1, -0.05) is 52.5 Å². The summed E-state index contributed by atoms with van der Waals surface area (Å²) in [7, 11) is 0. The maximum Gasteiger partial charge on any atom is 0.277 e. The van der Waals surface area contributed by atoms with Crippen LogP contribution < -0.4 is 10.2 Å². The highest BCUT2D eigenvalue weighted by Gasteiger charge is 2.06. The molecule has 0 aromatic heterocycles. The topological polar surface area (TPSA) is 50.7 Å². The number of nitrogens with zero attached hydrogens (tertiary/aromatic N) is 1. The van der Waals surface area contributed by atoms with Crippen molar-refractivity contribution in [3.8, 4) is 5.75 Å². The minimum absolute atomic E-state index is 0.258. The zero-order valence-corrected chi connectivity index (χ0v) is 14.5. The summed E-state index contributed by atoms with van der Waals surface area (Å²) in [6, 6.07) is 9.66. The van der Waals surface area contributed by atoms with Gasteiger partial charge in [-0.05, 0) is 24.3 Å². The largest absolute Gasteiger partial charge is 0.482 e. The summed E-state index contributed by atoms with van der Waals surface area (Å²) in [5.74, 6) is -0.138. The Balaban J connectivity index is 1.87. The number of carbonyl (C=O) groups excluding carboxylic acids is 1. The molecule has 0 heterocycles. The second kappa shape index (κ2) is 8.41. The standard InChI is InChI=1S/C15H10Cl4N2O2/c16-10-2-1-9(13(19)5-10)7-20-21-15(22)8-23-14-6-11(17)3-4-12(14)18/h1-7H,8H2,(H,21,22). The van der Waals surface area contributed by atoms with Crippen molar-refractivity contribution >= 4 is 58.5 Å². The molecule has 0 aliphatic heterocycles. The zero-order valence-electron chi connectivity index (χ0n) is 11.5. The van der Waals surface area contributed by atoms with Crippen molar-refractivity contribution < 1.29 is 9.53 Å². The van der Waals surface area contributed by atoms with E-state index in [1.807, 2.05) is 0 Å². The van der Waals surface area contributed by atoms with Gasteiger partial charge < -0.3 is 4.74 Å². The van der Waals surface area contributed by atoms with Crippen molar-refractivity contribution in [1.82, 2.24) is 5.43 Å². The molecule has 0 aliphatic rings. The van der Waals surface area contributed by atoms with Crippen LogP contribution in [0.2, 0.25) is 20.1 Å². The molecule has 1 N–H and O–H groups in total. The van der Waals surface area contributed by atoms with Crippen LogP contribution in [-0.4, -0.2) is 18.7 Å². The number of amides is 1. The highest BCUT2D eigenvalue weighted by molar-refractivity contribution is 6.36. The van der Waals surface area contributed by atoms with E-state index in [-0.39, 0.29) is 6.61 Å². The Morgan fingerprint density at radius 1 is 1.04 bits per heavy atom. The van der Waals surface area contributed by atoms with E-state index in [1.165, 1.54) is 12.3 Å². The van der Waals surface area contributed by atoms with E-state index >= 15 is 0 Å². The molecule has 0 bridgehead atoms. The molecule has 0 aliphatic carbocycles. The summed E-state index contributed by atoms with van der Waals surface area (Å²) in [5.41, 5.74) is 2.94. The van der Waals surface area contributed by atoms with Gasteiger partial charge in [0.25, 0.3) is 5.91 Å². The number of hydrazone groups is 1. The lowest BCUT2D eigenvalue weighted by Crippen LogP contribution is -2.24. The molecule has 0 saturated heterocycles. The third-order valence-electron chi connectivity index (χ3n) is 2.61. The van der Waals surface area contributed by atoms with Crippen molar-refractivity contribution in [3.05, 3.63) is 62.1 Å². The number of rotatable bonds is 5. The molecular weight excluding hydrogens is 382 g/mol. The van der Waals surface area contributed by atoms with E-state index in [1.54, 1.807) is 30.3 Å². The Morgan fingerprint density at radius 2 is 1.74 bits per heavy atom. The van der Waals surface area contributed by atoms with Crippen LogP contribution in [0, 0.1) is 0 Å². The first-order chi connectivity index (χ1) is 11.0. The minimum atomic E-state index is -0.456. The molecular formula is C15H10Cl4N2O2. The lowest BCUT2D eigenvalue weighted by Gasteiger charge is -2.07.